The number of rotatable bonds is 4. The molecule has 0 aliphatic heterocycles. The molecule has 0 spiro atoms. The lowest BCUT2D eigenvalue weighted by Gasteiger charge is -2.12. The highest BCUT2D eigenvalue weighted by molar-refractivity contribution is 6.31. The standard InChI is InChI=1S/C22H17ClFN7/c1-13(14-2-4-18(24)5-3-14)31-12-16(11-26-31)20-10-17(23)9-19(27-20)15-6-7-30-21(8-15)28-22(25)29-30/h2-13H,1H3,(H2,25,29). The van der Waals surface area contributed by atoms with E-state index in [4.69, 9.17) is 22.3 Å². The number of hydrogen-bond acceptors (Lipinski definition) is 5. The highest BCUT2D eigenvalue weighted by atomic mass is 35.5. The summed E-state index contributed by atoms with van der Waals surface area (Å²) in [5.41, 5.74) is 10.3. The van der Waals surface area contributed by atoms with Crippen molar-refractivity contribution in [2.75, 3.05) is 5.73 Å². The van der Waals surface area contributed by atoms with Gasteiger partial charge in [-0.2, -0.15) is 10.1 Å². The second-order valence-corrected chi connectivity index (χ2v) is 7.62. The zero-order valence-corrected chi connectivity index (χ0v) is 17.2. The molecule has 9 heteroatoms. The van der Waals surface area contributed by atoms with Crippen LogP contribution in [-0.2, 0) is 0 Å². The van der Waals surface area contributed by atoms with Gasteiger partial charge in [0.25, 0.3) is 0 Å². The third-order valence-corrected chi connectivity index (χ3v) is 5.30. The highest BCUT2D eigenvalue weighted by Gasteiger charge is 2.13. The van der Waals surface area contributed by atoms with Crippen LogP contribution in [0.4, 0.5) is 10.3 Å². The van der Waals surface area contributed by atoms with Gasteiger partial charge in [-0.05, 0) is 48.9 Å². The van der Waals surface area contributed by atoms with Gasteiger partial charge in [-0.1, -0.05) is 23.7 Å². The summed E-state index contributed by atoms with van der Waals surface area (Å²) >= 11 is 6.40. The number of nitrogens with two attached hydrogens (primary N) is 1. The predicted octanol–water partition coefficient (Wildman–Crippen LogP) is 4.64. The van der Waals surface area contributed by atoms with Gasteiger partial charge in [-0.15, -0.1) is 5.10 Å². The van der Waals surface area contributed by atoms with Crippen LogP contribution in [0.3, 0.4) is 0 Å². The molecule has 4 heterocycles. The maximum absolute atomic E-state index is 13.2. The number of hydrogen-bond donors (Lipinski definition) is 1. The predicted molar refractivity (Wildman–Crippen MR) is 117 cm³/mol. The maximum Gasteiger partial charge on any atom is 0.240 e. The molecular formula is C22H17ClFN7. The molecule has 31 heavy (non-hydrogen) atoms. The number of fused-ring (bicyclic) bond motifs is 1. The molecule has 1 unspecified atom stereocenters. The SMILES string of the molecule is CC(c1ccc(F)cc1)n1cc(-c2cc(Cl)cc(-c3ccn4nc(N)nc4c3)n2)cn1. The lowest BCUT2D eigenvalue weighted by molar-refractivity contribution is 0.561. The summed E-state index contributed by atoms with van der Waals surface area (Å²) in [6.07, 6.45) is 5.42. The van der Waals surface area contributed by atoms with Crippen LogP contribution >= 0.6 is 11.6 Å². The van der Waals surface area contributed by atoms with Gasteiger partial charge in [0, 0.05) is 28.5 Å². The molecule has 0 amide bonds. The Morgan fingerprint density at radius 2 is 1.74 bits per heavy atom. The van der Waals surface area contributed by atoms with E-state index in [0.717, 1.165) is 16.7 Å². The molecule has 0 fully saturated rings. The van der Waals surface area contributed by atoms with E-state index in [2.05, 4.69) is 15.2 Å². The Bertz CT molecular complexity index is 1390. The van der Waals surface area contributed by atoms with Gasteiger partial charge < -0.3 is 5.73 Å². The summed E-state index contributed by atoms with van der Waals surface area (Å²) < 4.78 is 16.6. The molecule has 5 aromatic rings. The van der Waals surface area contributed by atoms with Crippen molar-refractivity contribution in [1.82, 2.24) is 29.4 Å². The Balaban J connectivity index is 1.49. The van der Waals surface area contributed by atoms with Crippen LogP contribution in [0.15, 0.2) is 67.1 Å². The molecule has 0 saturated carbocycles. The van der Waals surface area contributed by atoms with Gasteiger partial charge in [0.05, 0.1) is 23.6 Å². The molecule has 0 radical (unpaired) electrons. The van der Waals surface area contributed by atoms with E-state index in [0.29, 0.717) is 22.1 Å². The van der Waals surface area contributed by atoms with E-state index in [9.17, 15) is 4.39 Å². The molecular weight excluding hydrogens is 417 g/mol. The first kappa shape index (κ1) is 19.2. The molecule has 154 valence electrons. The number of pyridine rings is 2. The average molecular weight is 434 g/mol. The highest BCUT2D eigenvalue weighted by Crippen LogP contribution is 2.28. The van der Waals surface area contributed by atoms with Crippen molar-refractivity contribution in [2.45, 2.75) is 13.0 Å². The van der Waals surface area contributed by atoms with Gasteiger partial charge in [0.2, 0.25) is 5.95 Å². The Morgan fingerprint density at radius 1 is 1.00 bits per heavy atom. The maximum atomic E-state index is 13.2. The third-order valence-electron chi connectivity index (χ3n) is 5.09. The first-order valence-electron chi connectivity index (χ1n) is 9.56. The Hall–Kier alpha value is -3.78. The normalized spacial score (nSPS) is 12.4. The van der Waals surface area contributed by atoms with Gasteiger partial charge >= 0.3 is 0 Å². The molecule has 1 aromatic carbocycles. The smallest absolute Gasteiger partial charge is 0.240 e. The second kappa shape index (κ2) is 7.48. The fourth-order valence-corrected chi connectivity index (χ4v) is 3.63. The minimum Gasteiger partial charge on any atom is -0.366 e. The monoisotopic (exact) mass is 433 g/mol. The van der Waals surface area contributed by atoms with Crippen LogP contribution in [0.2, 0.25) is 5.02 Å². The molecule has 0 bridgehead atoms. The minimum absolute atomic E-state index is 0.0613. The van der Waals surface area contributed by atoms with Crippen molar-refractivity contribution in [3.8, 4) is 22.5 Å². The second-order valence-electron chi connectivity index (χ2n) is 7.18. The summed E-state index contributed by atoms with van der Waals surface area (Å²) in [6.45, 7) is 2.00. The van der Waals surface area contributed by atoms with E-state index in [1.807, 2.05) is 29.9 Å². The number of aromatic nitrogens is 6. The van der Waals surface area contributed by atoms with E-state index >= 15 is 0 Å². The van der Waals surface area contributed by atoms with E-state index in [-0.39, 0.29) is 17.8 Å². The molecule has 0 saturated heterocycles. The summed E-state index contributed by atoms with van der Waals surface area (Å²) in [4.78, 5) is 8.96. The van der Waals surface area contributed by atoms with Crippen LogP contribution < -0.4 is 5.73 Å². The van der Waals surface area contributed by atoms with Crippen molar-refractivity contribution in [1.29, 1.82) is 0 Å². The van der Waals surface area contributed by atoms with E-state index in [1.165, 1.54) is 12.1 Å². The van der Waals surface area contributed by atoms with Crippen LogP contribution in [-0.4, -0.2) is 29.4 Å². The Kier molecular flexibility index (Phi) is 4.63. The van der Waals surface area contributed by atoms with Crippen molar-refractivity contribution < 1.29 is 4.39 Å². The van der Waals surface area contributed by atoms with Gasteiger partial charge in [-0.3, -0.25) is 4.68 Å². The quantitative estimate of drug-likeness (QED) is 0.446. The molecule has 5 rings (SSSR count). The van der Waals surface area contributed by atoms with Crippen molar-refractivity contribution >= 4 is 23.2 Å². The minimum atomic E-state index is -0.264. The molecule has 7 nitrogen and oxygen atoms in total. The van der Waals surface area contributed by atoms with Crippen molar-refractivity contribution in [3.05, 3.63) is 83.5 Å². The molecule has 2 N–H and O–H groups in total. The van der Waals surface area contributed by atoms with Crippen molar-refractivity contribution in [3.63, 3.8) is 0 Å². The zero-order chi connectivity index (χ0) is 21.5. The topological polar surface area (TPSA) is 86.9 Å². The van der Waals surface area contributed by atoms with Crippen LogP contribution in [0.5, 0.6) is 0 Å². The third kappa shape index (κ3) is 3.73. The summed E-state index contributed by atoms with van der Waals surface area (Å²) in [6, 6.07) is 13.7. The fraction of sp³-hybridized carbons (Fsp3) is 0.0909. The summed E-state index contributed by atoms with van der Waals surface area (Å²) in [7, 11) is 0. The van der Waals surface area contributed by atoms with E-state index in [1.54, 1.807) is 41.2 Å². The molecule has 4 aromatic heterocycles. The first-order valence-corrected chi connectivity index (χ1v) is 9.94. The number of anilines is 1. The number of benzene rings is 1. The lowest BCUT2D eigenvalue weighted by Crippen LogP contribution is -2.06. The lowest BCUT2D eigenvalue weighted by atomic mass is 10.1. The average Bonchev–Trinajstić information content (AvgIpc) is 3.39. The zero-order valence-electron chi connectivity index (χ0n) is 16.4. The van der Waals surface area contributed by atoms with Gasteiger partial charge in [0.15, 0.2) is 5.65 Å². The van der Waals surface area contributed by atoms with Gasteiger partial charge in [0.1, 0.15) is 5.82 Å². The molecule has 0 aliphatic carbocycles. The van der Waals surface area contributed by atoms with Crippen LogP contribution in [0.1, 0.15) is 18.5 Å². The summed E-state index contributed by atoms with van der Waals surface area (Å²) in [5.74, 6) is -0.0562. The van der Waals surface area contributed by atoms with E-state index < -0.39 is 0 Å². The Labute approximate surface area is 181 Å². The van der Waals surface area contributed by atoms with Crippen LogP contribution in [0.25, 0.3) is 28.2 Å². The largest absolute Gasteiger partial charge is 0.366 e. The van der Waals surface area contributed by atoms with Crippen LogP contribution in [0, 0.1) is 5.82 Å². The molecule has 0 aliphatic rings. The number of nitrogens with zero attached hydrogens (tertiary/aromatic N) is 6. The fourth-order valence-electron chi connectivity index (χ4n) is 3.43. The van der Waals surface area contributed by atoms with Gasteiger partial charge in [-0.25, -0.2) is 13.9 Å². The summed E-state index contributed by atoms with van der Waals surface area (Å²) in [5, 5.41) is 9.11. The van der Waals surface area contributed by atoms with Crippen molar-refractivity contribution in [2.24, 2.45) is 0 Å². The molecule has 1 atom stereocenters. The first-order chi connectivity index (χ1) is 15.0. The number of halogens is 2. The number of nitrogen functional groups attached to an aromatic ring is 1. The Morgan fingerprint density at radius 3 is 2.52 bits per heavy atom.